The lowest BCUT2D eigenvalue weighted by atomic mass is 10.0. The van der Waals surface area contributed by atoms with Gasteiger partial charge in [0.25, 0.3) is 0 Å². The molecule has 0 aliphatic carbocycles. The van der Waals surface area contributed by atoms with Gasteiger partial charge in [-0.2, -0.15) is 0 Å². The summed E-state index contributed by atoms with van der Waals surface area (Å²) >= 11 is 0. The molecular weight excluding hydrogens is 324 g/mol. The number of amides is 2. The molecule has 2 atom stereocenters. The largest absolute Gasteiger partial charge is 0.494 e. The summed E-state index contributed by atoms with van der Waals surface area (Å²) in [6, 6.07) is 5.87. The van der Waals surface area contributed by atoms with E-state index in [4.69, 9.17) is 4.74 Å². The highest BCUT2D eigenvalue weighted by Gasteiger charge is 2.35. The Bertz CT molecular complexity index is 646. The minimum absolute atomic E-state index is 0.00650. The molecule has 0 aromatic heterocycles. The number of hydrogen-bond acceptors (Lipinski definition) is 4. The maximum atomic E-state index is 12.7. The first-order valence-electron chi connectivity index (χ1n) is 8.45. The van der Waals surface area contributed by atoms with Gasteiger partial charge >= 0.3 is 5.97 Å². The molecule has 1 fully saturated rings. The minimum atomic E-state index is -0.989. The monoisotopic (exact) mass is 348 g/mol. The fraction of sp³-hybridized carbons (Fsp3) is 0.500. The van der Waals surface area contributed by atoms with Crippen LogP contribution < -0.4 is 10.1 Å². The molecule has 0 bridgehead atoms. The van der Waals surface area contributed by atoms with E-state index >= 15 is 0 Å². The molecule has 1 heterocycles. The first kappa shape index (κ1) is 18.8. The van der Waals surface area contributed by atoms with E-state index in [1.807, 2.05) is 19.1 Å². The standard InChI is InChI=1S/C18H24N2O5/c1-3-25-16-9-5-4-7-13(16)14(19-12(2)21)11-17(22)20-10-6-8-15(20)18(23)24/h4-5,7,9,14-15H,3,6,8,10-11H2,1-2H3,(H,19,21)(H,23,24)/t14-,15-/m1/s1. The van der Waals surface area contributed by atoms with E-state index < -0.39 is 18.1 Å². The van der Waals surface area contributed by atoms with Crippen molar-refractivity contribution in [2.75, 3.05) is 13.2 Å². The number of ether oxygens (including phenoxy) is 1. The molecule has 136 valence electrons. The number of nitrogens with one attached hydrogen (secondary N) is 1. The Labute approximate surface area is 147 Å². The Morgan fingerprint density at radius 1 is 1.36 bits per heavy atom. The average Bonchev–Trinajstić information content (AvgIpc) is 3.04. The summed E-state index contributed by atoms with van der Waals surface area (Å²) in [5.74, 6) is -0.931. The van der Waals surface area contributed by atoms with Crippen molar-refractivity contribution >= 4 is 17.8 Å². The number of carbonyl (C=O) groups is 3. The van der Waals surface area contributed by atoms with E-state index in [0.29, 0.717) is 37.3 Å². The second kappa shape index (κ2) is 8.50. The Hall–Kier alpha value is -2.57. The number of para-hydroxylation sites is 1. The van der Waals surface area contributed by atoms with Gasteiger partial charge in [0.1, 0.15) is 11.8 Å². The van der Waals surface area contributed by atoms with E-state index in [0.717, 1.165) is 0 Å². The highest BCUT2D eigenvalue weighted by atomic mass is 16.5. The molecule has 1 aromatic rings. The fourth-order valence-electron chi connectivity index (χ4n) is 3.15. The van der Waals surface area contributed by atoms with Gasteiger partial charge in [0, 0.05) is 19.0 Å². The summed E-state index contributed by atoms with van der Waals surface area (Å²) in [6.45, 7) is 4.13. The van der Waals surface area contributed by atoms with Crippen LogP contribution in [0, 0.1) is 0 Å². The molecule has 25 heavy (non-hydrogen) atoms. The van der Waals surface area contributed by atoms with E-state index in [-0.39, 0.29) is 18.2 Å². The molecule has 0 unspecified atom stereocenters. The van der Waals surface area contributed by atoms with Crippen molar-refractivity contribution in [3.8, 4) is 5.75 Å². The Kier molecular flexibility index (Phi) is 6.38. The lowest BCUT2D eigenvalue weighted by Crippen LogP contribution is -2.42. The van der Waals surface area contributed by atoms with Crippen molar-refractivity contribution in [2.45, 2.75) is 45.2 Å². The molecule has 2 amide bonds. The van der Waals surface area contributed by atoms with Crippen LogP contribution in [0.3, 0.4) is 0 Å². The maximum Gasteiger partial charge on any atom is 0.326 e. The topological polar surface area (TPSA) is 95.9 Å². The van der Waals surface area contributed by atoms with Gasteiger partial charge in [-0.3, -0.25) is 9.59 Å². The molecule has 1 aliphatic heterocycles. The number of hydrogen-bond donors (Lipinski definition) is 2. The van der Waals surface area contributed by atoms with Crippen LogP contribution in [0.15, 0.2) is 24.3 Å². The van der Waals surface area contributed by atoms with Crippen molar-refractivity contribution in [2.24, 2.45) is 0 Å². The minimum Gasteiger partial charge on any atom is -0.494 e. The Balaban J connectivity index is 2.22. The number of rotatable bonds is 7. The normalized spacial score (nSPS) is 17.8. The Morgan fingerprint density at radius 2 is 2.08 bits per heavy atom. The molecule has 7 heteroatoms. The van der Waals surface area contributed by atoms with Gasteiger partial charge in [-0.15, -0.1) is 0 Å². The number of carbonyl (C=O) groups excluding carboxylic acids is 2. The molecule has 7 nitrogen and oxygen atoms in total. The van der Waals surface area contributed by atoms with E-state index in [9.17, 15) is 19.5 Å². The fourth-order valence-corrected chi connectivity index (χ4v) is 3.15. The van der Waals surface area contributed by atoms with Crippen LogP contribution in [0.5, 0.6) is 5.75 Å². The number of nitrogens with zero attached hydrogens (tertiary/aromatic N) is 1. The second-order valence-electron chi connectivity index (χ2n) is 6.01. The van der Waals surface area contributed by atoms with Crippen molar-refractivity contribution in [1.29, 1.82) is 0 Å². The molecule has 1 saturated heterocycles. The van der Waals surface area contributed by atoms with Crippen LogP contribution in [-0.2, 0) is 14.4 Å². The van der Waals surface area contributed by atoms with Gasteiger partial charge in [0.2, 0.25) is 11.8 Å². The first-order valence-corrected chi connectivity index (χ1v) is 8.45. The van der Waals surface area contributed by atoms with Crippen LogP contribution in [0.1, 0.15) is 44.7 Å². The van der Waals surface area contributed by atoms with Gasteiger partial charge in [-0.1, -0.05) is 18.2 Å². The highest BCUT2D eigenvalue weighted by Crippen LogP contribution is 2.29. The zero-order chi connectivity index (χ0) is 18.4. The lowest BCUT2D eigenvalue weighted by Gasteiger charge is -2.26. The molecule has 0 radical (unpaired) electrons. The van der Waals surface area contributed by atoms with Crippen LogP contribution in [0.2, 0.25) is 0 Å². The van der Waals surface area contributed by atoms with Gasteiger partial charge in [-0.25, -0.2) is 4.79 Å². The summed E-state index contributed by atoms with van der Waals surface area (Å²) in [5.41, 5.74) is 0.707. The summed E-state index contributed by atoms with van der Waals surface area (Å²) in [4.78, 5) is 37.0. The zero-order valence-electron chi connectivity index (χ0n) is 14.5. The third-order valence-corrected chi connectivity index (χ3v) is 4.21. The number of carboxylic acid groups (broad SMARTS) is 1. The van der Waals surface area contributed by atoms with Crippen molar-refractivity contribution < 1.29 is 24.2 Å². The SMILES string of the molecule is CCOc1ccccc1[C@@H](CC(=O)N1CCC[C@@H]1C(=O)O)NC(C)=O. The summed E-state index contributed by atoms with van der Waals surface area (Å²) in [6.07, 6.45) is 1.12. The van der Waals surface area contributed by atoms with Gasteiger partial charge in [0.05, 0.1) is 19.1 Å². The first-order chi connectivity index (χ1) is 11.9. The molecule has 0 spiro atoms. The maximum absolute atomic E-state index is 12.7. The van der Waals surface area contributed by atoms with Gasteiger partial charge in [0.15, 0.2) is 0 Å². The molecule has 1 aromatic carbocycles. The quantitative estimate of drug-likeness (QED) is 0.782. The smallest absolute Gasteiger partial charge is 0.326 e. The molecular formula is C18H24N2O5. The van der Waals surface area contributed by atoms with Crippen LogP contribution in [-0.4, -0.2) is 47.0 Å². The van der Waals surface area contributed by atoms with E-state index in [2.05, 4.69) is 5.32 Å². The zero-order valence-corrected chi connectivity index (χ0v) is 14.5. The summed E-state index contributed by atoms with van der Waals surface area (Å²) in [7, 11) is 0. The van der Waals surface area contributed by atoms with Crippen molar-refractivity contribution in [1.82, 2.24) is 10.2 Å². The number of likely N-dealkylation sites (tertiary alicyclic amines) is 1. The van der Waals surface area contributed by atoms with Crippen molar-refractivity contribution in [3.63, 3.8) is 0 Å². The Morgan fingerprint density at radius 3 is 2.72 bits per heavy atom. The molecule has 2 N–H and O–H groups in total. The molecule has 2 rings (SSSR count). The third kappa shape index (κ3) is 4.71. The lowest BCUT2D eigenvalue weighted by molar-refractivity contribution is -0.148. The van der Waals surface area contributed by atoms with E-state index in [1.54, 1.807) is 12.1 Å². The number of benzene rings is 1. The average molecular weight is 348 g/mol. The second-order valence-corrected chi connectivity index (χ2v) is 6.01. The molecule has 0 saturated carbocycles. The number of aliphatic carboxylic acids is 1. The van der Waals surface area contributed by atoms with Gasteiger partial charge in [-0.05, 0) is 25.8 Å². The summed E-state index contributed by atoms with van der Waals surface area (Å²) < 4.78 is 5.60. The highest BCUT2D eigenvalue weighted by molar-refractivity contribution is 5.85. The van der Waals surface area contributed by atoms with Crippen molar-refractivity contribution in [3.05, 3.63) is 29.8 Å². The summed E-state index contributed by atoms with van der Waals surface area (Å²) in [5, 5.41) is 12.0. The molecule has 1 aliphatic rings. The third-order valence-electron chi connectivity index (χ3n) is 4.21. The van der Waals surface area contributed by atoms with Gasteiger partial charge < -0.3 is 20.1 Å². The van der Waals surface area contributed by atoms with Crippen LogP contribution in [0.4, 0.5) is 0 Å². The number of carboxylic acids is 1. The predicted molar refractivity (Wildman–Crippen MR) is 91.2 cm³/mol. The van der Waals surface area contributed by atoms with E-state index in [1.165, 1.54) is 11.8 Å². The van der Waals surface area contributed by atoms with Crippen LogP contribution in [0.25, 0.3) is 0 Å². The predicted octanol–water partition coefficient (Wildman–Crippen LogP) is 1.73. The van der Waals surface area contributed by atoms with Crippen LogP contribution >= 0.6 is 0 Å².